The number of carbonyl (C=O) groups excluding carboxylic acids is 1. The van der Waals surface area contributed by atoms with Crippen molar-refractivity contribution in [3.63, 3.8) is 0 Å². The third-order valence-corrected chi connectivity index (χ3v) is 3.69. The van der Waals surface area contributed by atoms with Crippen molar-refractivity contribution in [2.24, 2.45) is 16.9 Å². The zero-order valence-corrected chi connectivity index (χ0v) is 10.6. The van der Waals surface area contributed by atoms with E-state index in [1.807, 2.05) is 0 Å². The van der Waals surface area contributed by atoms with Crippen LogP contribution in [-0.4, -0.2) is 11.6 Å². The molecule has 1 heterocycles. The van der Waals surface area contributed by atoms with Crippen molar-refractivity contribution in [1.29, 1.82) is 0 Å². The number of fused-ring (bicyclic) bond motifs is 1. The van der Waals surface area contributed by atoms with Crippen molar-refractivity contribution in [3.05, 3.63) is 34.7 Å². The molecule has 0 bridgehead atoms. The van der Waals surface area contributed by atoms with Gasteiger partial charge in [0.2, 0.25) is 0 Å². The second kappa shape index (κ2) is 4.14. The van der Waals surface area contributed by atoms with E-state index in [0.29, 0.717) is 16.5 Å². The van der Waals surface area contributed by atoms with E-state index in [2.05, 4.69) is 38.6 Å². The largest absolute Gasteiger partial charge is 0.444 e. The summed E-state index contributed by atoms with van der Waals surface area (Å²) >= 11 is 3.15. The highest BCUT2D eigenvalue weighted by Crippen LogP contribution is 2.40. The Kier molecular flexibility index (Phi) is 2.63. The van der Waals surface area contributed by atoms with Crippen LogP contribution in [0.3, 0.4) is 0 Å². The molecule has 1 fully saturated rings. The van der Waals surface area contributed by atoms with Crippen molar-refractivity contribution >= 4 is 27.5 Å². The smallest absolute Gasteiger partial charge is 0.307 e. The van der Waals surface area contributed by atoms with Gasteiger partial charge in [0.15, 0.2) is 10.4 Å². The second-order valence-electron chi connectivity index (χ2n) is 4.29. The van der Waals surface area contributed by atoms with E-state index < -0.39 is 0 Å². The number of allylic oxidation sites excluding steroid dienone is 2. The van der Waals surface area contributed by atoms with E-state index in [1.54, 1.807) is 12.1 Å². The molecule has 0 spiro atoms. The van der Waals surface area contributed by atoms with Crippen molar-refractivity contribution in [3.8, 4) is 0 Å². The monoisotopic (exact) mass is 294 g/mol. The van der Waals surface area contributed by atoms with Gasteiger partial charge in [0.25, 0.3) is 0 Å². The van der Waals surface area contributed by atoms with Gasteiger partial charge in [-0.15, -0.1) is 0 Å². The molecule has 0 aromatic carbocycles. The summed E-state index contributed by atoms with van der Waals surface area (Å²) in [6.45, 7) is 0. The van der Waals surface area contributed by atoms with Gasteiger partial charge < -0.3 is 4.42 Å². The number of nitrogens with one attached hydrogen (secondary N) is 1. The van der Waals surface area contributed by atoms with Gasteiger partial charge >= 0.3 is 5.91 Å². The molecule has 0 aliphatic heterocycles. The lowest BCUT2D eigenvalue weighted by Gasteiger charge is -2.31. The fourth-order valence-corrected chi connectivity index (χ4v) is 2.58. The molecular weight excluding hydrogens is 284 g/mol. The first-order valence-corrected chi connectivity index (χ1v) is 6.32. The Hall–Kier alpha value is -1.36. The summed E-state index contributed by atoms with van der Waals surface area (Å²) in [4.78, 5) is 11.6. The molecule has 5 heteroatoms. The molecule has 2 atom stereocenters. The second-order valence-corrected chi connectivity index (χ2v) is 5.07. The summed E-state index contributed by atoms with van der Waals surface area (Å²) in [6, 6.07) is 3.29. The number of halogens is 1. The summed E-state index contributed by atoms with van der Waals surface area (Å²) in [6.07, 6.45) is 6.42. The molecule has 4 nitrogen and oxygen atoms in total. The Morgan fingerprint density at radius 3 is 3.12 bits per heavy atom. The van der Waals surface area contributed by atoms with Crippen molar-refractivity contribution in [1.82, 2.24) is 5.43 Å². The first-order chi connectivity index (χ1) is 8.24. The standard InChI is InChI=1S/C12H11BrN2O2/c13-11-5-4-10(17-11)12(16)15-14-9-6-7-2-1-3-8(7)9/h1-2,4-5,7-8H,3,6H2,(H,15,16). The van der Waals surface area contributed by atoms with E-state index in [4.69, 9.17) is 4.42 Å². The molecule has 0 saturated heterocycles. The van der Waals surface area contributed by atoms with Gasteiger partial charge in [-0.05, 0) is 46.8 Å². The summed E-state index contributed by atoms with van der Waals surface area (Å²) in [5.41, 5.74) is 3.62. The molecule has 2 aliphatic rings. The molecule has 1 aromatic rings. The van der Waals surface area contributed by atoms with Crippen molar-refractivity contribution in [2.75, 3.05) is 0 Å². The number of furan rings is 1. The molecule has 2 unspecified atom stereocenters. The first kappa shape index (κ1) is 10.8. The summed E-state index contributed by atoms with van der Waals surface area (Å²) in [7, 11) is 0. The van der Waals surface area contributed by atoms with E-state index in [1.165, 1.54) is 0 Å². The maximum absolute atomic E-state index is 11.6. The zero-order valence-electron chi connectivity index (χ0n) is 9.02. The Balaban J connectivity index is 1.61. The molecule has 88 valence electrons. The summed E-state index contributed by atoms with van der Waals surface area (Å²) in [5.74, 6) is 1.11. The van der Waals surface area contributed by atoms with Gasteiger partial charge in [0.05, 0.1) is 0 Å². The summed E-state index contributed by atoms with van der Waals surface area (Å²) < 4.78 is 5.68. The van der Waals surface area contributed by atoms with Crippen molar-refractivity contribution in [2.45, 2.75) is 12.8 Å². The number of nitrogens with zero attached hydrogens (tertiary/aromatic N) is 1. The Morgan fingerprint density at radius 1 is 1.53 bits per heavy atom. The van der Waals surface area contributed by atoms with Crippen LogP contribution in [0, 0.1) is 11.8 Å². The van der Waals surface area contributed by atoms with E-state index in [-0.39, 0.29) is 11.7 Å². The normalized spacial score (nSPS) is 27.9. The zero-order chi connectivity index (χ0) is 11.8. The predicted octanol–water partition coefficient (Wildman–Crippen LogP) is 2.72. The van der Waals surface area contributed by atoms with Gasteiger partial charge in [0.1, 0.15) is 0 Å². The molecule has 0 radical (unpaired) electrons. The minimum absolute atomic E-state index is 0.265. The predicted molar refractivity (Wildman–Crippen MR) is 66.7 cm³/mol. The van der Waals surface area contributed by atoms with E-state index in [0.717, 1.165) is 18.6 Å². The molecular formula is C12H11BrN2O2. The lowest BCUT2D eigenvalue weighted by molar-refractivity contribution is 0.0925. The Labute approximate surface area is 107 Å². The average molecular weight is 295 g/mol. The molecule has 1 saturated carbocycles. The topological polar surface area (TPSA) is 54.6 Å². The minimum atomic E-state index is -0.308. The third-order valence-electron chi connectivity index (χ3n) is 3.26. The van der Waals surface area contributed by atoms with Gasteiger partial charge in [-0.3, -0.25) is 4.79 Å². The van der Waals surface area contributed by atoms with Crippen LogP contribution in [0.25, 0.3) is 0 Å². The third kappa shape index (κ3) is 1.95. The van der Waals surface area contributed by atoms with Gasteiger partial charge in [-0.2, -0.15) is 5.10 Å². The highest BCUT2D eigenvalue weighted by atomic mass is 79.9. The van der Waals surface area contributed by atoms with Gasteiger partial charge in [-0.1, -0.05) is 12.2 Å². The lowest BCUT2D eigenvalue weighted by Crippen LogP contribution is -2.35. The maximum Gasteiger partial charge on any atom is 0.307 e. The SMILES string of the molecule is O=C(NN=C1CC2C=CCC12)c1ccc(Br)o1. The number of hydrogen-bond donors (Lipinski definition) is 1. The van der Waals surface area contributed by atoms with Crippen LogP contribution in [0.5, 0.6) is 0 Å². The number of rotatable bonds is 2. The molecule has 1 N–H and O–H groups in total. The lowest BCUT2D eigenvalue weighted by atomic mass is 9.74. The van der Waals surface area contributed by atoms with Gasteiger partial charge in [0, 0.05) is 11.6 Å². The van der Waals surface area contributed by atoms with Crippen LogP contribution >= 0.6 is 15.9 Å². The Bertz CT molecular complexity index is 518. The number of hydrogen-bond acceptors (Lipinski definition) is 3. The maximum atomic E-state index is 11.6. The highest BCUT2D eigenvalue weighted by molar-refractivity contribution is 9.10. The molecule has 2 aliphatic carbocycles. The quantitative estimate of drug-likeness (QED) is 0.673. The van der Waals surface area contributed by atoms with Crippen molar-refractivity contribution < 1.29 is 9.21 Å². The van der Waals surface area contributed by atoms with E-state index in [9.17, 15) is 4.79 Å². The molecule has 1 aromatic heterocycles. The molecule has 1 amide bonds. The fraction of sp³-hybridized carbons (Fsp3) is 0.333. The molecule has 17 heavy (non-hydrogen) atoms. The first-order valence-electron chi connectivity index (χ1n) is 5.53. The average Bonchev–Trinajstić information content (AvgIpc) is 2.86. The molecule has 3 rings (SSSR count). The highest BCUT2D eigenvalue weighted by Gasteiger charge is 2.38. The van der Waals surface area contributed by atoms with Crippen LogP contribution in [0.4, 0.5) is 0 Å². The summed E-state index contributed by atoms with van der Waals surface area (Å²) in [5, 5.41) is 4.16. The van der Waals surface area contributed by atoms with Crippen LogP contribution in [-0.2, 0) is 0 Å². The number of amides is 1. The van der Waals surface area contributed by atoms with Crippen LogP contribution < -0.4 is 5.43 Å². The number of hydrazone groups is 1. The number of carbonyl (C=O) groups is 1. The van der Waals surface area contributed by atoms with Crippen LogP contribution in [0.1, 0.15) is 23.4 Å². The Morgan fingerprint density at radius 2 is 2.41 bits per heavy atom. The minimum Gasteiger partial charge on any atom is -0.444 e. The van der Waals surface area contributed by atoms with E-state index >= 15 is 0 Å². The fourth-order valence-electron chi connectivity index (χ4n) is 2.28. The van der Waals surface area contributed by atoms with Crippen LogP contribution in [0.2, 0.25) is 0 Å². The van der Waals surface area contributed by atoms with Crippen LogP contribution in [0.15, 0.2) is 38.5 Å². The van der Waals surface area contributed by atoms with Gasteiger partial charge in [-0.25, -0.2) is 5.43 Å².